The van der Waals surface area contributed by atoms with Crippen molar-refractivity contribution < 1.29 is 14.6 Å². The van der Waals surface area contributed by atoms with E-state index in [1.54, 1.807) is 0 Å². The fourth-order valence-corrected chi connectivity index (χ4v) is 1.64. The van der Waals surface area contributed by atoms with Crippen LogP contribution in [0.25, 0.3) is 0 Å². The van der Waals surface area contributed by atoms with Gasteiger partial charge >= 0.3 is 0 Å². The number of hydrogen-bond donors (Lipinski definition) is 2. The molecule has 4 heteroatoms. The molecule has 1 amide bonds. The largest absolute Gasteiger partial charge is 0.488 e. The normalized spacial score (nSPS) is 22.6. The van der Waals surface area contributed by atoms with Crippen LogP contribution in [0.15, 0.2) is 11.8 Å². The van der Waals surface area contributed by atoms with Gasteiger partial charge in [-0.3, -0.25) is 4.79 Å². The Morgan fingerprint density at radius 2 is 2.40 bits per heavy atom. The zero-order chi connectivity index (χ0) is 10.7. The predicted octanol–water partition coefficient (Wildman–Crippen LogP) is 0.569. The lowest BCUT2D eigenvalue weighted by atomic mass is 10.1. The fraction of sp³-hybridized carbons (Fsp3) is 0.727. The zero-order valence-corrected chi connectivity index (χ0v) is 8.79. The summed E-state index contributed by atoms with van der Waals surface area (Å²) in [7, 11) is 0. The van der Waals surface area contributed by atoms with Gasteiger partial charge < -0.3 is 15.2 Å². The number of carbonyl (C=O) groups excluding carboxylic acids is 1. The van der Waals surface area contributed by atoms with Gasteiger partial charge in [-0.25, -0.2) is 0 Å². The first-order valence-electron chi connectivity index (χ1n) is 5.48. The summed E-state index contributed by atoms with van der Waals surface area (Å²) in [6.07, 6.45) is 5.73. The van der Waals surface area contributed by atoms with E-state index in [1.165, 1.54) is 0 Å². The summed E-state index contributed by atoms with van der Waals surface area (Å²) < 4.78 is 5.25. The van der Waals surface area contributed by atoms with E-state index in [-0.39, 0.29) is 17.9 Å². The number of aliphatic hydroxyl groups excluding tert-OH is 1. The van der Waals surface area contributed by atoms with E-state index in [0.717, 1.165) is 25.7 Å². The summed E-state index contributed by atoms with van der Waals surface area (Å²) in [5, 5.41) is 11.9. The second-order valence-corrected chi connectivity index (χ2v) is 4.40. The molecule has 84 valence electrons. The molecule has 0 unspecified atom stereocenters. The Balaban J connectivity index is 1.79. The molecule has 1 saturated carbocycles. The molecule has 1 fully saturated rings. The molecular formula is C11H17NO3. The van der Waals surface area contributed by atoms with Crippen LogP contribution in [0, 0.1) is 5.41 Å². The Labute approximate surface area is 89.3 Å². The molecule has 1 heterocycles. The van der Waals surface area contributed by atoms with Crippen LogP contribution in [-0.4, -0.2) is 30.8 Å². The van der Waals surface area contributed by atoms with Crippen LogP contribution in [0.5, 0.6) is 0 Å². The quantitative estimate of drug-likeness (QED) is 0.714. The lowest BCUT2D eigenvalue weighted by Crippen LogP contribution is -2.33. The summed E-state index contributed by atoms with van der Waals surface area (Å²) in [6.45, 7) is 1.35. The van der Waals surface area contributed by atoms with Crippen molar-refractivity contribution in [2.24, 2.45) is 5.41 Å². The van der Waals surface area contributed by atoms with E-state index < -0.39 is 0 Å². The van der Waals surface area contributed by atoms with Crippen LogP contribution >= 0.6 is 0 Å². The number of carbonyl (C=O) groups is 1. The molecule has 0 aromatic rings. The average Bonchev–Trinajstić information content (AvgIpc) is 3.08. The van der Waals surface area contributed by atoms with Gasteiger partial charge in [-0.2, -0.15) is 0 Å². The fourth-order valence-electron chi connectivity index (χ4n) is 1.64. The first-order chi connectivity index (χ1) is 7.26. The second-order valence-electron chi connectivity index (χ2n) is 4.40. The van der Waals surface area contributed by atoms with Crippen LogP contribution in [0.2, 0.25) is 0 Å². The van der Waals surface area contributed by atoms with Crippen LogP contribution < -0.4 is 5.32 Å². The van der Waals surface area contributed by atoms with Crippen LogP contribution in [0.4, 0.5) is 0 Å². The molecule has 2 N–H and O–H groups in total. The van der Waals surface area contributed by atoms with Gasteiger partial charge in [-0.15, -0.1) is 0 Å². The van der Waals surface area contributed by atoms with E-state index in [0.29, 0.717) is 18.9 Å². The van der Waals surface area contributed by atoms with Gasteiger partial charge in [0.25, 0.3) is 5.91 Å². The third kappa shape index (κ3) is 2.50. The van der Waals surface area contributed by atoms with Crippen molar-refractivity contribution in [3.05, 3.63) is 11.8 Å². The Kier molecular flexibility index (Phi) is 2.95. The van der Waals surface area contributed by atoms with Gasteiger partial charge in [-0.1, -0.05) is 0 Å². The van der Waals surface area contributed by atoms with Gasteiger partial charge in [0.15, 0.2) is 5.76 Å². The van der Waals surface area contributed by atoms with E-state index in [9.17, 15) is 4.79 Å². The van der Waals surface area contributed by atoms with Gasteiger partial charge in [0.1, 0.15) is 0 Å². The number of rotatable bonds is 4. The highest BCUT2D eigenvalue weighted by molar-refractivity contribution is 5.91. The van der Waals surface area contributed by atoms with Crippen molar-refractivity contribution in [1.29, 1.82) is 0 Å². The number of nitrogens with one attached hydrogen (secondary N) is 1. The summed E-state index contributed by atoms with van der Waals surface area (Å²) in [6, 6.07) is 0. The Bertz CT molecular complexity index is 282. The van der Waals surface area contributed by atoms with Gasteiger partial charge in [0.2, 0.25) is 0 Å². The van der Waals surface area contributed by atoms with Crippen molar-refractivity contribution in [2.45, 2.75) is 25.7 Å². The number of hydrogen-bond acceptors (Lipinski definition) is 3. The maximum atomic E-state index is 11.6. The number of ether oxygens (including phenoxy) is 1. The van der Waals surface area contributed by atoms with Crippen molar-refractivity contribution >= 4 is 5.91 Å². The molecule has 0 bridgehead atoms. The van der Waals surface area contributed by atoms with Crippen molar-refractivity contribution in [2.75, 3.05) is 19.8 Å². The molecule has 0 atom stereocenters. The van der Waals surface area contributed by atoms with Crippen LogP contribution in [0.1, 0.15) is 25.7 Å². The molecule has 0 spiro atoms. The van der Waals surface area contributed by atoms with Crippen LogP contribution in [-0.2, 0) is 9.53 Å². The van der Waals surface area contributed by atoms with E-state index in [4.69, 9.17) is 9.84 Å². The molecule has 2 aliphatic rings. The molecule has 4 nitrogen and oxygen atoms in total. The monoisotopic (exact) mass is 211 g/mol. The molecule has 0 aromatic carbocycles. The summed E-state index contributed by atoms with van der Waals surface area (Å²) in [4.78, 5) is 11.6. The molecular weight excluding hydrogens is 194 g/mol. The lowest BCUT2D eigenvalue weighted by molar-refractivity contribution is -0.121. The first-order valence-corrected chi connectivity index (χ1v) is 5.48. The van der Waals surface area contributed by atoms with Gasteiger partial charge in [0.05, 0.1) is 13.2 Å². The minimum atomic E-state index is -0.144. The Hall–Kier alpha value is -1.03. The summed E-state index contributed by atoms with van der Waals surface area (Å²) >= 11 is 0. The minimum absolute atomic E-state index is 0.0368. The predicted molar refractivity (Wildman–Crippen MR) is 55.0 cm³/mol. The van der Waals surface area contributed by atoms with E-state index in [2.05, 4.69) is 5.32 Å². The van der Waals surface area contributed by atoms with Crippen LogP contribution in [0.3, 0.4) is 0 Å². The molecule has 1 aliphatic carbocycles. The average molecular weight is 211 g/mol. The highest BCUT2D eigenvalue weighted by atomic mass is 16.5. The Morgan fingerprint density at radius 1 is 1.60 bits per heavy atom. The second kappa shape index (κ2) is 4.23. The first kappa shape index (κ1) is 10.5. The summed E-state index contributed by atoms with van der Waals surface area (Å²) in [5.41, 5.74) is -0.0368. The molecule has 0 aromatic heterocycles. The van der Waals surface area contributed by atoms with Crippen molar-refractivity contribution in [1.82, 2.24) is 5.32 Å². The Morgan fingerprint density at radius 3 is 2.93 bits per heavy atom. The van der Waals surface area contributed by atoms with Gasteiger partial charge in [-0.05, 0) is 31.8 Å². The molecule has 0 saturated heterocycles. The SMILES string of the molecule is O=C(NCC1(CO)CC1)C1=CCCCO1. The zero-order valence-electron chi connectivity index (χ0n) is 8.79. The highest BCUT2D eigenvalue weighted by Gasteiger charge is 2.42. The highest BCUT2D eigenvalue weighted by Crippen LogP contribution is 2.44. The third-order valence-corrected chi connectivity index (χ3v) is 3.08. The van der Waals surface area contributed by atoms with Crippen molar-refractivity contribution in [3.63, 3.8) is 0 Å². The number of amides is 1. The molecule has 1 aliphatic heterocycles. The van der Waals surface area contributed by atoms with E-state index in [1.807, 2.05) is 6.08 Å². The maximum absolute atomic E-state index is 11.6. The number of aliphatic hydroxyl groups is 1. The number of allylic oxidation sites excluding steroid dienone is 1. The molecule has 15 heavy (non-hydrogen) atoms. The molecule has 0 radical (unpaired) electrons. The third-order valence-electron chi connectivity index (χ3n) is 3.08. The van der Waals surface area contributed by atoms with Gasteiger partial charge in [0, 0.05) is 12.0 Å². The van der Waals surface area contributed by atoms with Crippen molar-refractivity contribution in [3.8, 4) is 0 Å². The standard InChI is InChI=1S/C11H17NO3/c13-8-11(4-5-11)7-12-10(14)9-3-1-2-6-15-9/h3,13H,1-2,4-8H2,(H,12,14). The topological polar surface area (TPSA) is 58.6 Å². The summed E-state index contributed by atoms with van der Waals surface area (Å²) in [5.74, 6) is 0.296. The smallest absolute Gasteiger partial charge is 0.286 e. The van der Waals surface area contributed by atoms with E-state index >= 15 is 0 Å². The lowest BCUT2D eigenvalue weighted by Gasteiger charge is -2.16. The maximum Gasteiger partial charge on any atom is 0.286 e. The minimum Gasteiger partial charge on any atom is -0.488 e. The molecule has 2 rings (SSSR count).